The molecule has 0 aliphatic carbocycles. The molecule has 102 valence electrons. The first kappa shape index (κ1) is 12.3. The second-order valence-corrected chi connectivity index (χ2v) is 4.85. The van der Waals surface area contributed by atoms with Gasteiger partial charge in [-0.3, -0.25) is 0 Å². The Bertz CT molecular complexity index is 523. The normalized spacial score (nSPS) is 29.6. The van der Waals surface area contributed by atoms with Crippen LogP contribution in [0.2, 0.25) is 0 Å². The van der Waals surface area contributed by atoms with E-state index >= 15 is 0 Å². The van der Waals surface area contributed by atoms with E-state index < -0.39 is 23.8 Å². The molecule has 2 heterocycles. The quantitative estimate of drug-likeness (QED) is 0.839. The standard InChI is InChI=1S/C13H13F2NO3/c14-8-4-1-3-7(10(8)15)11-12(19-11)9-5-2-6-16(9)13(17)18/h1,3-4,9,11-12H,2,5-6H2,(H,17,18)/t9?,11-,12-/m0/s1. The van der Waals surface area contributed by atoms with Gasteiger partial charge in [0.2, 0.25) is 0 Å². The number of epoxide rings is 1. The van der Waals surface area contributed by atoms with Crippen LogP contribution in [0.3, 0.4) is 0 Å². The van der Waals surface area contributed by atoms with E-state index in [0.717, 1.165) is 12.5 Å². The van der Waals surface area contributed by atoms with Gasteiger partial charge in [0, 0.05) is 12.1 Å². The summed E-state index contributed by atoms with van der Waals surface area (Å²) in [5.74, 6) is -1.82. The average Bonchev–Trinajstić information content (AvgIpc) is 2.99. The minimum atomic E-state index is -0.989. The molecule has 2 fully saturated rings. The molecule has 3 rings (SSSR count). The number of hydrogen-bond acceptors (Lipinski definition) is 2. The van der Waals surface area contributed by atoms with Gasteiger partial charge in [0.05, 0.1) is 6.04 Å². The number of carbonyl (C=O) groups is 1. The van der Waals surface area contributed by atoms with Crippen LogP contribution >= 0.6 is 0 Å². The van der Waals surface area contributed by atoms with Crippen LogP contribution < -0.4 is 0 Å². The molecule has 0 aromatic heterocycles. The Hall–Kier alpha value is -1.69. The molecule has 1 amide bonds. The lowest BCUT2D eigenvalue weighted by Crippen LogP contribution is -2.37. The highest BCUT2D eigenvalue weighted by Crippen LogP contribution is 2.45. The molecule has 19 heavy (non-hydrogen) atoms. The number of amides is 1. The molecule has 1 N–H and O–H groups in total. The molecule has 1 unspecified atom stereocenters. The molecular weight excluding hydrogens is 256 g/mol. The van der Waals surface area contributed by atoms with Crippen molar-refractivity contribution in [2.24, 2.45) is 0 Å². The lowest BCUT2D eigenvalue weighted by Gasteiger charge is -2.19. The second kappa shape index (κ2) is 4.45. The van der Waals surface area contributed by atoms with Crippen LogP contribution in [-0.4, -0.2) is 34.8 Å². The molecule has 0 spiro atoms. The van der Waals surface area contributed by atoms with E-state index in [2.05, 4.69) is 0 Å². The Morgan fingerprint density at radius 2 is 2.21 bits per heavy atom. The molecule has 1 aromatic carbocycles. The number of benzene rings is 1. The maximum Gasteiger partial charge on any atom is 0.407 e. The predicted octanol–water partition coefficient (Wildman–Crippen LogP) is 2.55. The van der Waals surface area contributed by atoms with Gasteiger partial charge >= 0.3 is 6.09 Å². The Kier molecular flexibility index (Phi) is 2.89. The molecule has 0 bridgehead atoms. The summed E-state index contributed by atoms with van der Waals surface area (Å²) in [5.41, 5.74) is 0.169. The maximum atomic E-state index is 13.6. The number of likely N-dealkylation sites (tertiary alicyclic amines) is 1. The van der Waals surface area contributed by atoms with E-state index in [4.69, 9.17) is 9.84 Å². The average molecular weight is 269 g/mol. The van der Waals surface area contributed by atoms with Crippen LogP contribution in [0.15, 0.2) is 18.2 Å². The number of rotatable bonds is 2. The fourth-order valence-corrected chi connectivity index (χ4v) is 2.78. The lowest BCUT2D eigenvalue weighted by molar-refractivity contribution is 0.132. The van der Waals surface area contributed by atoms with Gasteiger partial charge in [0.15, 0.2) is 11.6 Å². The molecule has 0 saturated carbocycles. The molecule has 3 atom stereocenters. The third-order valence-corrected chi connectivity index (χ3v) is 3.74. The Morgan fingerprint density at radius 1 is 1.42 bits per heavy atom. The van der Waals surface area contributed by atoms with Gasteiger partial charge in [-0.15, -0.1) is 0 Å². The van der Waals surface area contributed by atoms with E-state index in [0.29, 0.717) is 13.0 Å². The van der Waals surface area contributed by atoms with Crippen molar-refractivity contribution in [1.29, 1.82) is 0 Å². The largest absolute Gasteiger partial charge is 0.465 e. The molecule has 6 heteroatoms. The molecule has 2 saturated heterocycles. The van der Waals surface area contributed by atoms with Crippen molar-refractivity contribution >= 4 is 6.09 Å². The Labute approximate surface area is 108 Å². The summed E-state index contributed by atoms with van der Waals surface area (Å²) >= 11 is 0. The van der Waals surface area contributed by atoms with E-state index in [-0.39, 0.29) is 17.7 Å². The third-order valence-electron chi connectivity index (χ3n) is 3.74. The van der Waals surface area contributed by atoms with Crippen molar-refractivity contribution < 1.29 is 23.4 Å². The summed E-state index contributed by atoms with van der Waals surface area (Å²) < 4.78 is 32.2. The van der Waals surface area contributed by atoms with Crippen LogP contribution in [-0.2, 0) is 4.74 Å². The van der Waals surface area contributed by atoms with Crippen molar-refractivity contribution in [1.82, 2.24) is 4.90 Å². The SMILES string of the molecule is O=C(O)N1CCCC1[C@@H]1O[C@H]1c1cccc(F)c1F. The maximum absolute atomic E-state index is 13.6. The molecule has 2 aliphatic heterocycles. The number of hydrogen-bond donors (Lipinski definition) is 1. The van der Waals surface area contributed by atoms with Crippen LogP contribution in [0.1, 0.15) is 24.5 Å². The van der Waals surface area contributed by atoms with Gasteiger partial charge < -0.3 is 14.7 Å². The number of ether oxygens (including phenoxy) is 1. The number of carboxylic acid groups (broad SMARTS) is 1. The summed E-state index contributed by atoms with van der Waals surface area (Å²) in [5, 5.41) is 9.05. The van der Waals surface area contributed by atoms with E-state index in [1.54, 1.807) is 0 Å². The van der Waals surface area contributed by atoms with Crippen molar-refractivity contribution in [3.05, 3.63) is 35.4 Å². The highest BCUT2D eigenvalue weighted by Gasteiger charge is 2.51. The molecule has 0 radical (unpaired) electrons. The van der Waals surface area contributed by atoms with Gasteiger partial charge in [-0.25, -0.2) is 13.6 Å². The van der Waals surface area contributed by atoms with Crippen molar-refractivity contribution in [2.45, 2.75) is 31.1 Å². The second-order valence-electron chi connectivity index (χ2n) is 4.85. The highest BCUT2D eigenvalue weighted by atomic mass is 19.2. The van der Waals surface area contributed by atoms with Crippen LogP contribution in [0, 0.1) is 11.6 Å². The molecular formula is C13H13F2NO3. The first-order valence-electron chi connectivity index (χ1n) is 6.18. The summed E-state index contributed by atoms with van der Waals surface area (Å²) in [6.07, 6.45) is -0.424. The fourth-order valence-electron chi connectivity index (χ4n) is 2.78. The topological polar surface area (TPSA) is 53.1 Å². The zero-order valence-electron chi connectivity index (χ0n) is 10.1. The van der Waals surface area contributed by atoms with Crippen LogP contribution in [0.4, 0.5) is 13.6 Å². The van der Waals surface area contributed by atoms with Crippen molar-refractivity contribution in [2.75, 3.05) is 6.54 Å². The minimum Gasteiger partial charge on any atom is -0.465 e. The van der Waals surface area contributed by atoms with E-state index in [9.17, 15) is 13.6 Å². The Balaban J connectivity index is 1.77. The van der Waals surface area contributed by atoms with Gasteiger partial charge in [-0.05, 0) is 18.9 Å². The first-order valence-corrected chi connectivity index (χ1v) is 6.18. The van der Waals surface area contributed by atoms with E-state index in [1.807, 2.05) is 0 Å². The Morgan fingerprint density at radius 3 is 2.95 bits per heavy atom. The number of halogens is 2. The molecule has 1 aromatic rings. The fraction of sp³-hybridized carbons (Fsp3) is 0.462. The summed E-state index contributed by atoms with van der Waals surface area (Å²) in [6, 6.07) is 3.69. The van der Waals surface area contributed by atoms with Gasteiger partial charge in [0.25, 0.3) is 0 Å². The molecule has 2 aliphatic rings. The summed E-state index contributed by atoms with van der Waals surface area (Å²) in [7, 11) is 0. The summed E-state index contributed by atoms with van der Waals surface area (Å²) in [4.78, 5) is 12.4. The molecule has 4 nitrogen and oxygen atoms in total. The van der Waals surface area contributed by atoms with Gasteiger partial charge in [0.1, 0.15) is 12.2 Å². The minimum absolute atomic E-state index is 0.169. The lowest BCUT2D eigenvalue weighted by atomic mass is 10.0. The van der Waals surface area contributed by atoms with Gasteiger partial charge in [-0.2, -0.15) is 0 Å². The summed E-state index contributed by atoms with van der Waals surface area (Å²) in [6.45, 7) is 0.470. The van der Waals surface area contributed by atoms with Crippen LogP contribution in [0.5, 0.6) is 0 Å². The highest BCUT2D eigenvalue weighted by molar-refractivity contribution is 5.66. The zero-order chi connectivity index (χ0) is 13.6. The van der Waals surface area contributed by atoms with Crippen molar-refractivity contribution in [3.8, 4) is 0 Å². The zero-order valence-corrected chi connectivity index (χ0v) is 10.1. The third kappa shape index (κ3) is 2.06. The predicted molar refractivity (Wildman–Crippen MR) is 61.7 cm³/mol. The number of nitrogens with zero attached hydrogens (tertiary/aromatic N) is 1. The van der Waals surface area contributed by atoms with Gasteiger partial charge in [-0.1, -0.05) is 12.1 Å². The van der Waals surface area contributed by atoms with E-state index in [1.165, 1.54) is 17.0 Å². The first-order chi connectivity index (χ1) is 9.09. The van der Waals surface area contributed by atoms with Crippen LogP contribution in [0.25, 0.3) is 0 Å². The monoisotopic (exact) mass is 269 g/mol. The van der Waals surface area contributed by atoms with Crippen molar-refractivity contribution in [3.63, 3.8) is 0 Å². The smallest absolute Gasteiger partial charge is 0.407 e.